The van der Waals surface area contributed by atoms with Crippen molar-refractivity contribution in [3.05, 3.63) is 29.8 Å². The van der Waals surface area contributed by atoms with Gasteiger partial charge < -0.3 is 10.0 Å². The van der Waals surface area contributed by atoms with Gasteiger partial charge in [0.1, 0.15) is 11.6 Å². The Balaban J connectivity index is 1.88. The van der Waals surface area contributed by atoms with Gasteiger partial charge in [-0.3, -0.25) is 4.79 Å². The number of hydrogen-bond donors (Lipinski definition) is 1. The van der Waals surface area contributed by atoms with E-state index >= 15 is 0 Å². The van der Waals surface area contributed by atoms with Gasteiger partial charge in [0.2, 0.25) is 5.91 Å². The summed E-state index contributed by atoms with van der Waals surface area (Å²) < 4.78 is 26.3. The molecule has 0 radical (unpaired) electrons. The molecule has 1 atom stereocenters. The van der Waals surface area contributed by atoms with Crippen LogP contribution < -0.4 is 0 Å². The normalized spacial score (nSPS) is 18.2. The van der Waals surface area contributed by atoms with Crippen molar-refractivity contribution in [3.63, 3.8) is 0 Å². The number of hydrogen-bond acceptors (Lipinski definition) is 3. The van der Waals surface area contributed by atoms with Crippen molar-refractivity contribution >= 4 is 17.7 Å². The van der Waals surface area contributed by atoms with Gasteiger partial charge in [0, 0.05) is 30.2 Å². The maximum atomic E-state index is 13.5. The SMILES string of the molecule is O=C(CSc1ccc(F)cc1F)N1CCCC1CCCO. The number of nitrogens with zero attached hydrogens (tertiary/aromatic N) is 1. The van der Waals surface area contributed by atoms with E-state index < -0.39 is 11.6 Å². The Hall–Kier alpha value is -1.14. The second-order valence-electron chi connectivity index (χ2n) is 5.11. The zero-order valence-electron chi connectivity index (χ0n) is 11.7. The van der Waals surface area contributed by atoms with Crippen LogP contribution >= 0.6 is 11.8 Å². The molecule has 0 aromatic heterocycles. The van der Waals surface area contributed by atoms with Gasteiger partial charge >= 0.3 is 0 Å². The Morgan fingerprint density at radius 3 is 2.95 bits per heavy atom. The molecule has 6 heteroatoms. The molecule has 1 aliphatic rings. The molecule has 3 nitrogen and oxygen atoms in total. The fourth-order valence-corrected chi connectivity index (χ4v) is 3.41. The van der Waals surface area contributed by atoms with Crippen molar-refractivity contribution in [2.24, 2.45) is 0 Å². The molecular formula is C15H19F2NO2S. The van der Waals surface area contributed by atoms with E-state index in [1.165, 1.54) is 12.1 Å². The number of carbonyl (C=O) groups is 1. The summed E-state index contributed by atoms with van der Waals surface area (Å²) in [7, 11) is 0. The van der Waals surface area contributed by atoms with Crippen molar-refractivity contribution in [3.8, 4) is 0 Å². The molecule has 0 spiro atoms. The highest BCUT2D eigenvalue weighted by Crippen LogP contribution is 2.26. The summed E-state index contributed by atoms with van der Waals surface area (Å²) in [6.07, 6.45) is 3.42. The van der Waals surface area contributed by atoms with Crippen molar-refractivity contribution in [1.29, 1.82) is 0 Å². The molecular weight excluding hydrogens is 296 g/mol. The monoisotopic (exact) mass is 315 g/mol. The molecule has 2 rings (SSSR count). The molecule has 0 bridgehead atoms. The van der Waals surface area contributed by atoms with Crippen LogP contribution in [0.15, 0.2) is 23.1 Å². The molecule has 1 N–H and O–H groups in total. The number of halogens is 2. The van der Waals surface area contributed by atoms with Gasteiger partial charge in [-0.15, -0.1) is 11.8 Å². The fraction of sp³-hybridized carbons (Fsp3) is 0.533. The Bertz CT molecular complexity index is 499. The van der Waals surface area contributed by atoms with Gasteiger partial charge in [0.05, 0.1) is 5.75 Å². The number of rotatable bonds is 6. The van der Waals surface area contributed by atoms with Gasteiger partial charge in [0.25, 0.3) is 0 Å². The van der Waals surface area contributed by atoms with Crippen LogP contribution in [0.4, 0.5) is 8.78 Å². The molecule has 1 aromatic rings. The topological polar surface area (TPSA) is 40.5 Å². The van der Waals surface area contributed by atoms with Crippen LogP contribution in [0.2, 0.25) is 0 Å². The van der Waals surface area contributed by atoms with E-state index in [0.29, 0.717) is 6.42 Å². The minimum Gasteiger partial charge on any atom is -0.396 e. The van der Waals surface area contributed by atoms with Gasteiger partial charge in [-0.2, -0.15) is 0 Å². The van der Waals surface area contributed by atoms with Crippen LogP contribution in [0.3, 0.4) is 0 Å². The molecule has 116 valence electrons. The second kappa shape index (κ2) is 7.75. The minimum atomic E-state index is -0.633. The third kappa shape index (κ3) is 4.41. The van der Waals surface area contributed by atoms with Gasteiger partial charge in [-0.25, -0.2) is 8.78 Å². The summed E-state index contributed by atoms with van der Waals surface area (Å²) in [5.41, 5.74) is 0. The number of carbonyl (C=O) groups excluding carboxylic acids is 1. The van der Waals surface area contributed by atoms with E-state index in [2.05, 4.69) is 0 Å². The molecule has 21 heavy (non-hydrogen) atoms. The number of likely N-dealkylation sites (tertiary alicyclic amines) is 1. The van der Waals surface area contributed by atoms with Crippen molar-refractivity contribution in [2.45, 2.75) is 36.6 Å². The summed E-state index contributed by atoms with van der Waals surface area (Å²) >= 11 is 1.09. The van der Waals surface area contributed by atoms with Gasteiger partial charge in [-0.05, 0) is 37.8 Å². The Morgan fingerprint density at radius 1 is 1.43 bits per heavy atom. The van der Waals surface area contributed by atoms with Crippen LogP contribution in [0, 0.1) is 11.6 Å². The molecule has 1 saturated heterocycles. The first kappa shape index (κ1) is 16.2. The highest BCUT2D eigenvalue weighted by atomic mass is 32.2. The first-order chi connectivity index (χ1) is 10.1. The summed E-state index contributed by atoms with van der Waals surface area (Å²) in [6.45, 7) is 0.857. The molecule has 1 fully saturated rings. The molecule has 1 aromatic carbocycles. The number of benzene rings is 1. The molecule has 1 amide bonds. The summed E-state index contributed by atoms with van der Waals surface area (Å²) in [6, 6.07) is 3.56. The summed E-state index contributed by atoms with van der Waals surface area (Å²) in [4.78, 5) is 14.3. The summed E-state index contributed by atoms with van der Waals surface area (Å²) in [5.74, 6) is -1.12. The lowest BCUT2D eigenvalue weighted by Crippen LogP contribution is -2.36. The molecule has 1 heterocycles. The lowest BCUT2D eigenvalue weighted by atomic mass is 10.1. The zero-order valence-corrected chi connectivity index (χ0v) is 12.5. The average Bonchev–Trinajstić information content (AvgIpc) is 2.92. The maximum Gasteiger partial charge on any atom is 0.233 e. The molecule has 1 unspecified atom stereocenters. The quantitative estimate of drug-likeness (QED) is 0.821. The van der Waals surface area contributed by atoms with E-state index in [1.807, 2.05) is 4.90 Å². The third-order valence-electron chi connectivity index (χ3n) is 3.64. The smallest absolute Gasteiger partial charge is 0.233 e. The van der Waals surface area contributed by atoms with Crippen molar-refractivity contribution in [1.82, 2.24) is 4.90 Å². The Kier molecular flexibility index (Phi) is 5.99. The molecule has 1 aliphatic heterocycles. The lowest BCUT2D eigenvalue weighted by molar-refractivity contribution is -0.129. The lowest BCUT2D eigenvalue weighted by Gasteiger charge is -2.24. The van der Waals surface area contributed by atoms with Crippen LogP contribution in [-0.4, -0.2) is 40.9 Å². The fourth-order valence-electron chi connectivity index (χ4n) is 2.61. The predicted molar refractivity (Wildman–Crippen MR) is 78.1 cm³/mol. The third-order valence-corrected chi connectivity index (χ3v) is 4.67. The van der Waals surface area contributed by atoms with E-state index in [1.54, 1.807) is 0 Å². The van der Waals surface area contributed by atoms with E-state index in [4.69, 9.17) is 5.11 Å². The predicted octanol–water partition coefficient (Wildman–Crippen LogP) is 2.82. The highest BCUT2D eigenvalue weighted by Gasteiger charge is 2.28. The van der Waals surface area contributed by atoms with Crippen LogP contribution in [0.1, 0.15) is 25.7 Å². The number of aliphatic hydroxyl groups is 1. The Labute approximate surface area is 127 Å². The number of aliphatic hydroxyl groups excluding tert-OH is 1. The minimum absolute atomic E-state index is 0.0239. The van der Waals surface area contributed by atoms with Gasteiger partial charge in [0.15, 0.2) is 0 Å². The van der Waals surface area contributed by atoms with E-state index in [-0.39, 0.29) is 29.2 Å². The molecule has 0 aliphatic carbocycles. The second-order valence-corrected chi connectivity index (χ2v) is 6.13. The zero-order chi connectivity index (χ0) is 15.2. The van der Waals surface area contributed by atoms with Crippen LogP contribution in [-0.2, 0) is 4.79 Å². The highest BCUT2D eigenvalue weighted by molar-refractivity contribution is 8.00. The number of thioether (sulfide) groups is 1. The standard InChI is InChI=1S/C15H19F2NO2S/c16-11-5-6-14(13(17)9-11)21-10-15(20)18-7-1-3-12(18)4-2-8-19/h5-6,9,12,19H,1-4,7-8,10H2. The van der Waals surface area contributed by atoms with E-state index in [0.717, 1.165) is 43.6 Å². The average molecular weight is 315 g/mol. The van der Waals surface area contributed by atoms with E-state index in [9.17, 15) is 13.6 Å². The van der Waals surface area contributed by atoms with Crippen LogP contribution in [0.5, 0.6) is 0 Å². The summed E-state index contributed by atoms with van der Waals surface area (Å²) in [5, 5.41) is 8.88. The van der Waals surface area contributed by atoms with Gasteiger partial charge in [-0.1, -0.05) is 0 Å². The van der Waals surface area contributed by atoms with Crippen molar-refractivity contribution < 1.29 is 18.7 Å². The maximum absolute atomic E-state index is 13.5. The largest absolute Gasteiger partial charge is 0.396 e. The molecule has 0 saturated carbocycles. The Morgan fingerprint density at radius 2 is 2.24 bits per heavy atom. The first-order valence-electron chi connectivity index (χ1n) is 7.10. The van der Waals surface area contributed by atoms with Crippen LogP contribution in [0.25, 0.3) is 0 Å². The number of amides is 1. The van der Waals surface area contributed by atoms with Crippen molar-refractivity contribution in [2.75, 3.05) is 18.9 Å². The first-order valence-corrected chi connectivity index (χ1v) is 8.08.